The Bertz CT molecular complexity index is 1070. The summed E-state index contributed by atoms with van der Waals surface area (Å²) in [7, 11) is 0. The van der Waals surface area contributed by atoms with Gasteiger partial charge < -0.3 is 10.1 Å². The lowest BCUT2D eigenvalue weighted by Gasteiger charge is -2.25. The molecule has 0 saturated heterocycles. The van der Waals surface area contributed by atoms with Gasteiger partial charge in [0.2, 0.25) is 0 Å². The van der Waals surface area contributed by atoms with Crippen LogP contribution in [0, 0.1) is 23.4 Å². The molecule has 0 aromatic heterocycles. The number of halogens is 3. The predicted octanol–water partition coefficient (Wildman–Crippen LogP) is 3.30. The van der Waals surface area contributed by atoms with E-state index in [-0.39, 0.29) is 23.5 Å². The number of benzene rings is 2. The first kappa shape index (κ1) is 23.0. The second kappa shape index (κ2) is 9.21. The van der Waals surface area contributed by atoms with Crippen LogP contribution in [0.4, 0.5) is 18.9 Å². The fraction of sp³-hybridized carbons (Fsp3) is 0.273. The zero-order valence-corrected chi connectivity index (χ0v) is 17.2. The number of fused-ring (bicyclic) bond motifs is 1. The number of hydrogen-bond acceptors (Lipinski definition) is 5. The summed E-state index contributed by atoms with van der Waals surface area (Å²) in [4.78, 5) is 51.0. The molecule has 1 aliphatic heterocycles. The van der Waals surface area contributed by atoms with Crippen LogP contribution in [0.2, 0.25) is 0 Å². The van der Waals surface area contributed by atoms with Crippen LogP contribution < -0.4 is 5.32 Å². The summed E-state index contributed by atoms with van der Waals surface area (Å²) in [6.07, 6.45) is 0.0870. The van der Waals surface area contributed by atoms with E-state index in [1.165, 1.54) is 12.1 Å². The number of amides is 3. The number of imide groups is 1. The zero-order chi connectivity index (χ0) is 23.6. The molecule has 32 heavy (non-hydrogen) atoms. The third kappa shape index (κ3) is 4.48. The third-order valence-electron chi connectivity index (χ3n) is 4.76. The Hall–Kier alpha value is -3.69. The summed E-state index contributed by atoms with van der Waals surface area (Å²) >= 11 is 0. The molecule has 10 heteroatoms. The predicted molar refractivity (Wildman–Crippen MR) is 106 cm³/mol. The summed E-state index contributed by atoms with van der Waals surface area (Å²) in [5, 5.41) is 1.97. The van der Waals surface area contributed by atoms with Crippen molar-refractivity contribution in [3.05, 3.63) is 65.0 Å². The maximum atomic E-state index is 13.7. The van der Waals surface area contributed by atoms with E-state index in [0.717, 1.165) is 11.0 Å². The van der Waals surface area contributed by atoms with Crippen molar-refractivity contribution in [2.24, 2.45) is 5.92 Å². The number of rotatable bonds is 7. The van der Waals surface area contributed by atoms with Crippen molar-refractivity contribution in [1.82, 2.24) is 4.90 Å². The molecule has 3 rings (SSSR count). The van der Waals surface area contributed by atoms with Crippen molar-refractivity contribution >= 4 is 29.4 Å². The van der Waals surface area contributed by atoms with E-state index in [1.54, 1.807) is 26.0 Å². The van der Waals surface area contributed by atoms with E-state index in [2.05, 4.69) is 0 Å². The van der Waals surface area contributed by atoms with Gasteiger partial charge in [-0.1, -0.05) is 26.0 Å². The molecule has 2 aromatic rings. The van der Waals surface area contributed by atoms with Crippen molar-refractivity contribution in [3.63, 3.8) is 0 Å². The van der Waals surface area contributed by atoms with E-state index in [0.29, 0.717) is 6.07 Å². The maximum Gasteiger partial charge on any atom is 0.329 e. The zero-order valence-electron chi connectivity index (χ0n) is 17.2. The number of carbonyl (C=O) groups is 4. The molecule has 1 aliphatic rings. The minimum Gasteiger partial charge on any atom is -0.454 e. The Balaban J connectivity index is 1.71. The third-order valence-corrected chi connectivity index (χ3v) is 4.76. The first-order chi connectivity index (χ1) is 15.1. The van der Waals surface area contributed by atoms with E-state index in [1.807, 2.05) is 5.32 Å². The Kier molecular flexibility index (Phi) is 6.61. The number of anilines is 1. The molecule has 1 atom stereocenters. The van der Waals surface area contributed by atoms with Crippen molar-refractivity contribution in [3.8, 4) is 0 Å². The van der Waals surface area contributed by atoms with Gasteiger partial charge in [0.1, 0.15) is 6.04 Å². The van der Waals surface area contributed by atoms with Crippen LogP contribution in [0.15, 0.2) is 36.4 Å². The number of nitrogens with one attached hydrogen (secondary N) is 1. The van der Waals surface area contributed by atoms with Crippen LogP contribution in [0.5, 0.6) is 0 Å². The first-order valence-electron chi connectivity index (χ1n) is 9.68. The van der Waals surface area contributed by atoms with Gasteiger partial charge in [-0.05, 0) is 36.6 Å². The average molecular weight is 448 g/mol. The average Bonchev–Trinajstić information content (AvgIpc) is 3.01. The second-order valence-corrected chi connectivity index (χ2v) is 7.55. The minimum atomic E-state index is -1.76. The summed E-state index contributed by atoms with van der Waals surface area (Å²) in [5.74, 6) is -8.23. The Morgan fingerprint density at radius 1 is 0.969 bits per heavy atom. The molecule has 0 bridgehead atoms. The van der Waals surface area contributed by atoms with E-state index in [9.17, 15) is 32.3 Å². The van der Waals surface area contributed by atoms with Crippen molar-refractivity contribution in [1.29, 1.82) is 0 Å². The molecule has 2 aromatic carbocycles. The molecule has 3 amide bonds. The number of nitrogens with zero attached hydrogens (tertiary/aromatic N) is 1. The lowest BCUT2D eigenvalue weighted by molar-refractivity contribution is -0.151. The quantitative estimate of drug-likeness (QED) is 0.399. The van der Waals surface area contributed by atoms with E-state index >= 15 is 0 Å². The Morgan fingerprint density at radius 3 is 2.12 bits per heavy atom. The highest BCUT2D eigenvalue weighted by atomic mass is 19.2. The van der Waals surface area contributed by atoms with Crippen molar-refractivity contribution in [2.75, 3.05) is 11.9 Å². The largest absolute Gasteiger partial charge is 0.454 e. The Labute approximate surface area is 181 Å². The van der Waals surface area contributed by atoms with Crippen LogP contribution in [-0.2, 0) is 14.3 Å². The molecule has 0 saturated carbocycles. The molecule has 1 heterocycles. The summed E-state index contributed by atoms with van der Waals surface area (Å²) in [5.41, 5.74) is -0.319. The fourth-order valence-corrected chi connectivity index (χ4v) is 3.29. The molecule has 0 spiro atoms. The van der Waals surface area contributed by atoms with E-state index in [4.69, 9.17) is 4.74 Å². The molecular weight excluding hydrogens is 429 g/mol. The summed E-state index contributed by atoms with van der Waals surface area (Å²) in [6.45, 7) is 2.66. The number of hydrogen-bond donors (Lipinski definition) is 1. The van der Waals surface area contributed by atoms with Gasteiger partial charge in [-0.25, -0.2) is 18.0 Å². The van der Waals surface area contributed by atoms with Gasteiger partial charge in [0.25, 0.3) is 17.7 Å². The SMILES string of the molecule is CC(C)CC(C(=O)OCC(=O)Nc1ccc(F)c(F)c1F)N1C(=O)c2ccccc2C1=O. The van der Waals surface area contributed by atoms with Gasteiger partial charge in [-0.15, -0.1) is 0 Å². The standard InChI is InChI=1S/C22H19F3N2O5/c1-11(2)9-16(27-20(29)12-5-3-4-6-13(12)21(27)30)22(31)32-10-17(28)26-15-8-7-14(23)18(24)19(15)25/h3-8,11,16H,9-10H2,1-2H3,(H,26,28). The minimum absolute atomic E-state index is 0.0870. The van der Waals surface area contributed by atoms with Crippen LogP contribution in [0.25, 0.3) is 0 Å². The topological polar surface area (TPSA) is 92.8 Å². The highest BCUT2D eigenvalue weighted by molar-refractivity contribution is 6.22. The van der Waals surface area contributed by atoms with Gasteiger partial charge in [0, 0.05) is 0 Å². The lowest BCUT2D eigenvalue weighted by atomic mass is 10.0. The molecule has 1 N–H and O–H groups in total. The molecule has 1 unspecified atom stereocenters. The first-order valence-corrected chi connectivity index (χ1v) is 9.68. The molecule has 7 nitrogen and oxygen atoms in total. The van der Waals surface area contributed by atoms with Gasteiger partial charge in [-0.2, -0.15) is 0 Å². The van der Waals surface area contributed by atoms with Gasteiger partial charge in [0.05, 0.1) is 16.8 Å². The van der Waals surface area contributed by atoms with Crippen molar-refractivity contribution in [2.45, 2.75) is 26.3 Å². The van der Waals surface area contributed by atoms with Crippen LogP contribution >= 0.6 is 0 Å². The van der Waals surface area contributed by atoms with E-state index < -0.39 is 59.5 Å². The lowest BCUT2D eigenvalue weighted by Crippen LogP contribution is -2.46. The highest BCUT2D eigenvalue weighted by Gasteiger charge is 2.43. The van der Waals surface area contributed by atoms with Crippen LogP contribution in [-0.4, -0.2) is 41.2 Å². The second-order valence-electron chi connectivity index (χ2n) is 7.55. The molecular formula is C22H19F3N2O5. The Morgan fingerprint density at radius 2 is 1.56 bits per heavy atom. The molecule has 0 radical (unpaired) electrons. The van der Waals surface area contributed by atoms with Crippen molar-refractivity contribution < 1.29 is 37.1 Å². The number of carbonyl (C=O) groups excluding carboxylic acids is 4. The van der Waals surface area contributed by atoms with Gasteiger partial charge >= 0.3 is 5.97 Å². The number of ether oxygens (including phenoxy) is 1. The summed E-state index contributed by atoms with van der Waals surface area (Å²) < 4.78 is 44.9. The summed E-state index contributed by atoms with van der Waals surface area (Å²) in [6, 6.07) is 6.27. The van der Waals surface area contributed by atoms with Gasteiger partial charge in [-0.3, -0.25) is 19.3 Å². The maximum absolute atomic E-state index is 13.7. The smallest absolute Gasteiger partial charge is 0.329 e. The normalized spacial score (nSPS) is 13.9. The fourth-order valence-electron chi connectivity index (χ4n) is 3.29. The molecule has 0 aliphatic carbocycles. The molecule has 168 valence electrons. The highest BCUT2D eigenvalue weighted by Crippen LogP contribution is 2.27. The number of esters is 1. The van der Waals surface area contributed by atoms with Crippen LogP contribution in [0.1, 0.15) is 41.0 Å². The monoisotopic (exact) mass is 448 g/mol. The molecule has 0 fully saturated rings. The van der Waals surface area contributed by atoms with Crippen LogP contribution in [0.3, 0.4) is 0 Å². The van der Waals surface area contributed by atoms with Gasteiger partial charge in [0.15, 0.2) is 24.1 Å².